The largest absolute Gasteiger partial charge is 0.336 e. The average molecular weight is 497 g/mol. The summed E-state index contributed by atoms with van der Waals surface area (Å²) in [5, 5.41) is 3.21. The van der Waals surface area contributed by atoms with Gasteiger partial charge in [0.15, 0.2) is 5.11 Å². The fraction of sp³-hybridized carbons (Fsp3) is 0.444. The van der Waals surface area contributed by atoms with E-state index in [0.717, 1.165) is 37.5 Å². The van der Waals surface area contributed by atoms with Crippen LogP contribution in [0.5, 0.6) is 0 Å². The highest BCUT2D eigenvalue weighted by Gasteiger charge is 2.43. The molecule has 0 saturated carbocycles. The van der Waals surface area contributed by atoms with E-state index >= 15 is 0 Å². The maximum Gasteiger partial charge on any atom is 0.256 e. The van der Waals surface area contributed by atoms with Gasteiger partial charge in [0.1, 0.15) is 11.9 Å². The van der Waals surface area contributed by atoms with Crippen LogP contribution in [0.3, 0.4) is 0 Å². The molecule has 0 bridgehead atoms. The number of thiocarbonyl (C=S) groups is 1. The van der Waals surface area contributed by atoms with Crippen molar-refractivity contribution in [3.8, 4) is 0 Å². The van der Waals surface area contributed by atoms with Crippen LogP contribution in [-0.2, 0) is 9.59 Å². The molecular formula is C27H33FN4O2S. The second-order valence-electron chi connectivity index (χ2n) is 9.64. The predicted octanol–water partition coefficient (Wildman–Crippen LogP) is 4.59. The van der Waals surface area contributed by atoms with Gasteiger partial charge < -0.3 is 15.1 Å². The molecule has 2 aliphatic heterocycles. The second-order valence-corrected chi connectivity index (χ2v) is 10.0. The monoisotopic (exact) mass is 496 g/mol. The molecule has 0 radical (unpaired) electrons. The first-order chi connectivity index (χ1) is 16.8. The van der Waals surface area contributed by atoms with Crippen LogP contribution in [0, 0.1) is 18.7 Å². The minimum atomic E-state index is -0.675. The highest BCUT2D eigenvalue weighted by molar-refractivity contribution is 7.80. The molecule has 2 saturated heterocycles. The van der Waals surface area contributed by atoms with Gasteiger partial charge in [-0.3, -0.25) is 14.5 Å². The van der Waals surface area contributed by atoms with Crippen molar-refractivity contribution in [2.24, 2.45) is 5.92 Å². The number of piperidine rings is 1. The Kier molecular flexibility index (Phi) is 8.13. The van der Waals surface area contributed by atoms with E-state index in [-0.39, 0.29) is 24.1 Å². The van der Waals surface area contributed by atoms with Crippen LogP contribution in [0.25, 0.3) is 0 Å². The predicted molar refractivity (Wildman–Crippen MR) is 141 cm³/mol. The Hall–Kier alpha value is -2.84. The molecule has 0 aliphatic carbocycles. The van der Waals surface area contributed by atoms with Crippen LogP contribution in [0.4, 0.5) is 15.8 Å². The maximum absolute atomic E-state index is 13.5. The van der Waals surface area contributed by atoms with E-state index in [1.807, 2.05) is 36.1 Å². The van der Waals surface area contributed by atoms with E-state index in [4.69, 9.17) is 12.2 Å². The molecule has 1 N–H and O–H groups in total. The topological polar surface area (TPSA) is 55.9 Å². The van der Waals surface area contributed by atoms with Gasteiger partial charge in [-0.25, -0.2) is 4.39 Å². The van der Waals surface area contributed by atoms with Crippen molar-refractivity contribution in [1.82, 2.24) is 9.80 Å². The third kappa shape index (κ3) is 6.24. The van der Waals surface area contributed by atoms with Crippen molar-refractivity contribution < 1.29 is 14.0 Å². The van der Waals surface area contributed by atoms with E-state index in [1.165, 1.54) is 37.1 Å². The normalized spacial score (nSPS) is 19.5. The first kappa shape index (κ1) is 25.3. The van der Waals surface area contributed by atoms with Gasteiger partial charge >= 0.3 is 0 Å². The highest BCUT2D eigenvalue weighted by atomic mass is 32.1. The molecule has 2 aromatic carbocycles. The van der Waals surface area contributed by atoms with Crippen molar-refractivity contribution in [3.05, 3.63) is 59.9 Å². The molecular weight excluding hydrogens is 463 g/mol. The molecule has 35 heavy (non-hydrogen) atoms. The summed E-state index contributed by atoms with van der Waals surface area (Å²) in [6, 6.07) is 12.6. The first-order valence-corrected chi connectivity index (χ1v) is 12.7. The summed E-state index contributed by atoms with van der Waals surface area (Å²) in [5.41, 5.74) is 2.29. The lowest BCUT2D eigenvalue weighted by atomic mass is 9.99. The Morgan fingerprint density at radius 2 is 1.71 bits per heavy atom. The minimum absolute atomic E-state index is 0.0278. The number of rotatable bonds is 8. The summed E-state index contributed by atoms with van der Waals surface area (Å²) in [4.78, 5) is 32.3. The smallest absolute Gasteiger partial charge is 0.256 e. The summed E-state index contributed by atoms with van der Waals surface area (Å²) in [7, 11) is 0. The molecule has 2 fully saturated rings. The quantitative estimate of drug-likeness (QED) is 0.542. The molecule has 2 aromatic rings. The first-order valence-electron chi connectivity index (χ1n) is 12.3. The second kappa shape index (κ2) is 11.3. The number of nitrogens with zero attached hydrogens (tertiary/aromatic N) is 3. The molecule has 0 aromatic heterocycles. The number of carbonyl (C=O) groups is 2. The van der Waals surface area contributed by atoms with Crippen LogP contribution in [-0.4, -0.2) is 58.9 Å². The zero-order valence-electron chi connectivity index (χ0n) is 20.4. The molecule has 6 nitrogen and oxygen atoms in total. The van der Waals surface area contributed by atoms with Crippen LogP contribution in [0.15, 0.2) is 48.5 Å². The van der Waals surface area contributed by atoms with Crippen molar-refractivity contribution in [3.63, 3.8) is 0 Å². The molecule has 2 heterocycles. The highest BCUT2D eigenvalue weighted by Crippen LogP contribution is 2.28. The summed E-state index contributed by atoms with van der Waals surface area (Å²) in [5.74, 6) is -0.0945. The summed E-state index contributed by atoms with van der Waals surface area (Å²) < 4.78 is 13.2. The molecule has 4 rings (SSSR count). The van der Waals surface area contributed by atoms with Gasteiger partial charge in [0, 0.05) is 12.2 Å². The SMILES string of the molecule is Cc1ccc(N2C(=O)C(CC(=O)Nc3ccc(F)cc3)N(CCCN3CCC(C)CC3)C2=S)cc1. The molecule has 186 valence electrons. The fourth-order valence-corrected chi connectivity index (χ4v) is 5.10. The van der Waals surface area contributed by atoms with Gasteiger partial charge in [-0.2, -0.15) is 0 Å². The lowest BCUT2D eigenvalue weighted by molar-refractivity contribution is -0.124. The van der Waals surface area contributed by atoms with E-state index < -0.39 is 6.04 Å². The van der Waals surface area contributed by atoms with Crippen LogP contribution in [0.2, 0.25) is 0 Å². The Balaban J connectivity index is 1.46. The summed E-state index contributed by atoms with van der Waals surface area (Å²) >= 11 is 5.76. The zero-order valence-corrected chi connectivity index (χ0v) is 21.2. The number of benzene rings is 2. The van der Waals surface area contributed by atoms with Crippen molar-refractivity contribution >= 4 is 40.5 Å². The van der Waals surface area contributed by atoms with Gasteiger partial charge in [0.05, 0.1) is 12.1 Å². The van der Waals surface area contributed by atoms with Crippen molar-refractivity contribution in [2.45, 2.75) is 45.6 Å². The number of hydrogen-bond donors (Lipinski definition) is 1. The zero-order chi connectivity index (χ0) is 24.9. The van der Waals surface area contributed by atoms with Crippen LogP contribution in [0.1, 0.15) is 38.2 Å². The van der Waals surface area contributed by atoms with Gasteiger partial charge in [0.25, 0.3) is 5.91 Å². The number of aryl methyl sites for hydroxylation is 1. The minimum Gasteiger partial charge on any atom is -0.336 e. The van der Waals surface area contributed by atoms with Gasteiger partial charge in [-0.15, -0.1) is 0 Å². The number of nitrogens with one attached hydrogen (secondary N) is 1. The Morgan fingerprint density at radius 1 is 1.06 bits per heavy atom. The third-order valence-electron chi connectivity index (χ3n) is 6.87. The number of amides is 2. The molecule has 8 heteroatoms. The Labute approximate surface area is 212 Å². The fourth-order valence-electron chi connectivity index (χ4n) is 4.69. The summed E-state index contributed by atoms with van der Waals surface area (Å²) in [6.45, 7) is 8.04. The number of hydrogen-bond acceptors (Lipinski definition) is 4. The number of anilines is 2. The number of carbonyl (C=O) groups excluding carboxylic acids is 2. The maximum atomic E-state index is 13.5. The Morgan fingerprint density at radius 3 is 2.37 bits per heavy atom. The standard InChI is InChI=1S/C27H33FN4O2S/c1-19-4-10-23(11-5-19)32-26(34)24(18-25(33)29-22-8-6-21(28)7-9-22)31(27(32)35)15-3-14-30-16-12-20(2)13-17-30/h4-11,20,24H,3,12-18H2,1-2H3,(H,29,33). The van der Waals surface area contributed by atoms with E-state index in [2.05, 4.69) is 17.1 Å². The number of halogens is 1. The number of likely N-dealkylation sites (tertiary alicyclic amines) is 1. The van der Waals surface area contributed by atoms with Crippen LogP contribution < -0.4 is 10.2 Å². The average Bonchev–Trinajstić information content (AvgIpc) is 3.06. The molecule has 2 aliphatic rings. The van der Waals surface area contributed by atoms with Crippen LogP contribution >= 0.6 is 12.2 Å². The Bertz CT molecular complexity index is 1050. The van der Waals surface area contributed by atoms with Gasteiger partial charge in [-0.1, -0.05) is 24.6 Å². The lowest BCUT2D eigenvalue weighted by Crippen LogP contribution is -2.40. The molecule has 1 unspecified atom stereocenters. The van der Waals surface area contributed by atoms with Crippen molar-refractivity contribution in [1.29, 1.82) is 0 Å². The molecule has 1 atom stereocenters. The van der Waals surface area contributed by atoms with Gasteiger partial charge in [-0.05, 0) is 100 Å². The molecule has 0 spiro atoms. The van der Waals surface area contributed by atoms with Crippen molar-refractivity contribution in [2.75, 3.05) is 36.4 Å². The van der Waals surface area contributed by atoms with E-state index in [9.17, 15) is 14.0 Å². The third-order valence-corrected chi connectivity index (χ3v) is 7.28. The lowest BCUT2D eigenvalue weighted by Gasteiger charge is -2.31. The van der Waals surface area contributed by atoms with E-state index in [1.54, 1.807) is 4.90 Å². The summed E-state index contributed by atoms with van der Waals surface area (Å²) in [6.07, 6.45) is 3.27. The molecule has 2 amide bonds. The van der Waals surface area contributed by atoms with Gasteiger partial charge in [0.2, 0.25) is 5.91 Å². The van der Waals surface area contributed by atoms with E-state index in [0.29, 0.717) is 23.0 Å².